The fraction of sp³-hybridized carbons (Fsp3) is 0.333. The van der Waals surface area contributed by atoms with Gasteiger partial charge in [0.25, 0.3) is 0 Å². The van der Waals surface area contributed by atoms with Gasteiger partial charge in [0.15, 0.2) is 5.96 Å². The van der Waals surface area contributed by atoms with Crippen molar-refractivity contribution in [2.45, 2.75) is 6.18 Å². The van der Waals surface area contributed by atoms with Crippen molar-refractivity contribution in [3.8, 4) is 0 Å². The van der Waals surface area contributed by atoms with Crippen LogP contribution in [0.3, 0.4) is 0 Å². The molecule has 0 aliphatic heterocycles. The quantitative estimate of drug-likeness (QED) is 0.360. The fourth-order valence-corrected chi connectivity index (χ4v) is 0.181. The zero-order valence-corrected chi connectivity index (χ0v) is 4.64. The number of nitrogens with zero attached hydrogens (tertiary/aromatic N) is 1. The van der Waals surface area contributed by atoms with Crippen LogP contribution in [-0.2, 0) is 4.79 Å². The minimum absolute atomic E-state index is 0.901. The first-order valence-electron chi connectivity index (χ1n) is 2.05. The summed E-state index contributed by atoms with van der Waals surface area (Å²) in [4.78, 5) is 12.1. The van der Waals surface area contributed by atoms with Gasteiger partial charge in [-0.1, -0.05) is 0 Å². The summed E-state index contributed by atoms with van der Waals surface area (Å²) in [7, 11) is 0. The Bertz CT molecular complexity index is 168. The molecule has 0 aromatic heterocycles. The van der Waals surface area contributed by atoms with E-state index >= 15 is 0 Å². The lowest BCUT2D eigenvalue weighted by Crippen LogP contribution is -2.29. The fourth-order valence-electron chi connectivity index (χ4n) is 0.181. The van der Waals surface area contributed by atoms with E-state index in [1.54, 1.807) is 0 Å². The average Bonchev–Trinajstić information content (AvgIpc) is 1.60. The molecule has 0 saturated heterocycles. The van der Waals surface area contributed by atoms with Gasteiger partial charge in [-0.15, -0.1) is 0 Å². The molecule has 0 unspecified atom stereocenters. The average molecular weight is 155 g/mol. The van der Waals surface area contributed by atoms with E-state index in [0.29, 0.717) is 0 Å². The van der Waals surface area contributed by atoms with Crippen LogP contribution in [0.2, 0.25) is 0 Å². The highest BCUT2D eigenvalue weighted by atomic mass is 19.4. The molecule has 10 heavy (non-hydrogen) atoms. The van der Waals surface area contributed by atoms with E-state index in [-0.39, 0.29) is 0 Å². The third-order valence-corrected chi connectivity index (χ3v) is 0.473. The van der Waals surface area contributed by atoms with E-state index in [0.717, 1.165) is 0 Å². The van der Waals surface area contributed by atoms with E-state index in [2.05, 4.69) is 16.5 Å². The summed E-state index contributed by atoms with van der Waals surface area (Å²) in [5.41, 5.74) is 8.99. The maximum atomic E-state index is 11.2. The summed E-state index contributed by atoms with van der Waals surface area (Å²) in [5.74, 6) is -3.20. The zero-order chi connectivity index (χ0) is 8.36. The Balaban J connectivity index is 4.27. The van der Waals surface area contributed by atoms with E-state index in [1.807, 2.05) is 0 Å². The number of alkyl halides is 3. The highest BCUT2D eigenvalue weighted by Crippen LogP contribution is 2.15. The second kappa shape index (κ2) is 2.54. The van der Waals surface area contributed by atoms with E-state index < -0.39 is 18.0 Å². The first-order chi connectivity index (χ1) is 4.34. The van der Waals surface area contributed by atoms with Gasteiger partial charge in [-0.3, -0.25) is 4.79 Å². The molecule has 4 nitrogen and oxygen atoms in total. The molecule has 7 heteroatoms. The second-order valence-corrected chi connectivity index (χ2v) is 1.34. The number of hydrogen-bond donors (Lipinski definition) is 2. The first-order valence-corrected chi connectivity index (χ1v) is 2.05. The molecular weight excluding hydrogens is 151 g/mol. The summed E-state index contributed by atoms with van der Waals surface area (Å²) < 4.78 is 33.7. The maximum Gasteiger partial charge on any atom is 0.473 e. The van der Waals surface area contributed by atoms with Crippen LogP contribution in [0.5, 0.6) is 0 Å². The minimum Gasteiger partial charge on any atom is -0.370 e. The molecule has 0 fully saturated rings. The number of guanidine groups is 1. The van der Waals surface area contributed by atoms with Crippen LogP contribution >= 0.6 is 0 Å². The van der Waals surface area contributed by atoms with Crippen molar-refractivity contribution in [3.05, 3.63) is 0 Å². The van der Waals surface area contributed by atoms with E-state index in [9.17, 15) is 18.0 Å². The lowest BCUT2D eigenvalue weighted by molar-refractivity contribution is -0.169. The largest absolute Gasteiger partial charge is 0.473 e. The van der Waals surface area contributed by atoms with Gasteiger partial charge < -0.3 is 11.5 Å². The van der Waals surface area contributed by atoms with Gasteiger partial charge in [-0.25, -0.2) is 0 Å². The molecule has 0 aromatic carbocycles. The van der Waals surface area contributed by atoms with Crippen molar-refractivity contribution < 1.29 is 18.0 Å². The maximum absolute atomic E-state index is 11.2. The highest BCUT2D eigenvalue weighted by Gasteiger charge is 2.38. The summed E-state index contributed by atoms with van der Waals surface area (Å²) in [6, 6.07) is 0. The molecule has 0 aliphatic rings. The van der Waals surface area contributed by atoms with Gasteiger partial charge in [-0.05, 0) is 0 Å². The van der Waals surface area contributed by atoms with E-state index in [4.69, 9.17) is 0 Å². The summed E-state index contributed by atoms with van der Waals surface area (Å²) in [5, 5.41) is 0. The van der Waals surface area contributed by atoms with Crippen molar-refractivity contribution in [1.82, 2.24) is 0 Å². The normalized spacial score (nSPS) is 10.7. The van der Waals surface area contributed by atoms with Crippen LogP contribution < -0.4 is 11.5 Å². The van der Waals surface area contributed by atoms with Crippen LogP contribution in [0.15, 0.2) is 4.99 Å². The standard InChI is InChI=1S/C3H4F3N3O/c4-3(5,6)1(10)9-2(7)8/h(H4,7,8,9,10). The number of amides is 1. The van der Waals surface area contributed by atoms with Crippen molar-refractivity contribution in [1.29, 1.82) is 0 Å². The molecule has 0 radical (unpaired) electrons. The predicted molar refractivity (Wildman–Crippen MR) is 26.9 cm³/mol. The number of rotatable bonds is 0. The van der Waals surface area contributed by atoms with Crippen LogP contribution in [0.25, 0.3) is 0 Å². The Morgan fingerprint density at radius 3 is 1.80 bits per heavy atom. The number of carbonyl (C=O) groups is 1. The second-order valence-electron chi connectivity index (χ2n) is 1.34. The predicted octanol–water partition coefficient (Wildman–Crippen LogP) is -0.651. The van der Waals surface area contributed by atoms with Gasteiger partial charge in [0.05, 0.1) is 0 Å². The Hall–Kier alpha value is -1.27. The van der Waals surface area contributed by atoms with E-state index in [1.165, 1.54) is 0 Å². The Kier molecular flexibility index (Phi) is 2.22. The smallest absolute Gasteiger partial charge is 0.370 e. The lowest BCUT2D eigenvalue weighted by Gasteiger charge is -1.98. The Labute approximate surface area is 53.7 Å². The van der Waals surface area contributed by atoms with Gasteiger partial charge in [0, 0.05) is 0 Å². The van der Waals surface area contributed by atoms with Crippen LogP contribution in [0.4, 0.5) is 13.2 Å². The van der Waals surface area contributed by atoms with Crippen LogP contribution in [0, 0.1) is 0 Å². The number of nitrogens with two attached hydrogens (primary N) is 2. The third-order valence-electron chi connectivity index (χ3n) is 0.473. The molecule has 58 valence electrons. The summed E-state index contributed by atoms with van der Waals surface area (Å²) >= 11 is 0. The van der Waals surface area contributed by atoms with Crippen molar-refractivity contribution in [2.75, 3.05) is 0 Å². The molecule has 0 atom stereocenters. The van der Waals surface area contributed by atoms with Gasteiger partial charge in [0.2, 0.25) is 0 Å². The molecule has 0 bridgehead atoms. The monoisotopic (exact) mass is 155 g/mol. The topological polar surface area (TPSA) is 81.5 Å². The molecule has 0 spiro atoms. The van der Waals surface area contributed by atoms with Crippen LogP contribution in [0.1, 0.15) is 0 Å². The summed E-state index contributed by atoms with van der Waals surface area (Å²) in [6.07, 6.45) is -5.00. The third kappa shape index (κ3) is 2.90. The van der Waals surface area contributed by atoms with Gasteiger partial charge in [-0.2, -0.15) is 18.2 Å². The number of carbonyl (C=O) groups excluding carboxylic acids is 1. The van der Waals surface area contributed by atoms with Gasteiger partial charge >= 0.3 is 12.1 Å². The van der Waals surface area contributed by atoms with Crippen molar-refractivity contribution >= 4 is 11.9 Å². The molecule has 0 heterocycles. The Morgan fingerprint density at radius 2 is 1.70 bits per heavy atom. The minimum atomic E-state index is -5.00. The molecular formula is C3H4F3N3O. The summed E-state index contributed by atoms with van der Waals surface area (Å²) in [6.45, 7) is 0. The molecule has 1 amide bonds. The Morgan fingerprint density at radius 1 is 1.30 bits per heavy atom. The van der Waals surface area contributed by atoms with Crippen molar-refractivity contribution in [3.63, 3.8) is 0 Å². The molecule has 0 rings (SSSR count). The number of aliphatic imine (C=N–C) groups is 1. The molecule has 4 N–H and O–H groups in total. The lowest BCUT2D eigenvalue weighted by atomic mass is 10.6. The number of hydrogen-bond acceptors (Lipinski definition) is 1. The van der Waals surface area contributed by atoms with Crippen LogP contribution in [-0.4, -0.2) is 18.0 Å². The highest BCUT2D eigenvalue weighted by molar-refractivity contribution is 5.94. The molecule has 0 aliphatic carbocycles. The van der Waals surface area contributed by atoms with Crippen molar-refractivity contribution in [2.24, 2.45) is 16.5 Å². The number of halogens is 3. The molecule has 0 saturated carbocycles. The molecule has 0 aromatic rings. The SMILES string of the molecule is NC(N)=NC(=O)C(F)(F)F. The van der Waals surface area contributed by atoms with Gasteiger partial charge in [0.1, 0.15) is 0 Å². The first kappa shape index (κ1) is 8.73. The zero-order valence-electron chi connectivity index (χ0n) is 4.64.